The smallest absolute Gasteiger partial charge is 0.330 e. The summed E-state index contributed by atoms with van der Waals surface area (Å²) in [6, 6.07) is 15.3. The van der Waals surface area contributed by atoms with E-state index >= 15 is 0 Å². The lowest BCUT2D eigenvalue weighted by Crippen LogP contribution is -2.35. The first-order chi connectivity index (χ1) is 21.2. The first kappa shape index (κ1) is 35.0. The van der Waals surface area contributed by atoms with Crippen molar-refractivity contribution in [1.82, 2.24) is 10.6 Å². The summed E-state index contributed by atoms with van der Waals surface area (Å²) in [5.74, 6) is 5.94. The van der Waals surface area contributed by atoms with Crippen molar-refractivity contribution < 1.29 is 33.1 Å². The Bertz CT molecular complexity index is 1370. The van der Waals surface area contributed by atoms with E-state index in [1.165, 1.54) is 0 Å². The van der Waals surface area contributed by atoms with Gasteiger partial charge in [0.05, 0.1) is 37.7 Å². The standard InChI is InChI=1S/C33H44N3O7P/c1-26(2)44(40,41)43-22-10-4-3-9-20-34-31(37)18-23-42-24-19-32(38)35-21-17-33(39)36-25-29-13-6-5-11-27(29)15-16-28-12-7-8-14-30(28)36/h5-8,11-14,26H,3-4,9-10,17-25H2,1-2H3,(H,34,37)(H,35,38)(H,40,41). The topological polar surface area (TPSA) is 134 Å². The van der Waals surface area contributed by atoms with Crippen LogP contribution >= 0.6 is 7.60 Å². The maximum Gasteiger partial charge on any atom is 0.330 e. The molecule has 11 heteroatoms. The van der Waals surface area contributed by atoms with Gasteiger partial charge in [0.15, 0.2) is 0 Å². The van der Waals surface area contributed by atoms with Crippen molar-refractivity contribution in [3.8, 4) is 11.8 Å². The van der Waals surface area contributed by atoms with E-state index in [1.807, 2.05) is 48.5 Å². The van der Waals surface area contributed by atoms with Crippen molar-refractivity contribution in [2.45, 2.75) is 71.0 Å². The highest BCUT2D eigenvalue weighted by Gasteiger charge is 2.24. The number of benzene rings is 2. The molecule has 0 saturated carbocycles. The highest BCUT2D eigenvalue weighted by Crippen LogP contribution is 2.47. The molecule has 44 heavy (non-hydrogen) atoms. The second-order valence-corrected chi connectivity index (χ2v) is 13.3. The second kappa shape index (κ2) is 18.4. The van der Waals surface area contributed by atoms with E-state index in [2.05, 4.69) is 22.5 Å². The normalized spacial score (nSPS) is 13.4. The Hall–Kier alpha value is -3.48. The SMILES string of the molecule is CC(C)P(=O)(O)OCCCCCCNC(=O)CCOCCC(=O)NCCC(=O)N1Cc2ccccc2C#Cc2ccccc21. The molecule has 238 valence electrons. The number of nitrogens with zero attached hydrogens (tertiary/aromatic N) is 1. The van der Waals surface area contributed by atoms with E-state index in [9.17, 15) is 23.8 Å². The van der Waals surface area contributed by atoms with Gasteiger partial charge < -0.3 is 29.7 Å². The molecule has 0 spiro atoms. The van der Waals surface area contributed by atoms with E-state index < -0.39 is 13.3 Å². The summed E-state index contributed by atoms with van der Waals surface area (Å²) >= 11 is 0. The van der Waals surface area contributed by atoms with E-state index in [0.717, 1.165) is 41.6 Å². The largest absolute Gasteiger partial charge is 0.380 e. The molecule has 1 aliphatic rings. The zero-order valence-electron chi connectivity index (χ0n) is 25.7. The maximum absolute atomic E-state index is 13.2. The number of rotatable bonds is 18. The molecule has 0 fully saturated rings. The van der Waals surface area contributed by atoms with Crippen molar-refractivity contribution in [1.29, 1.82) is 0 Å². The zero-order valence-corrected chi connectivity index (χ0v) is 26.6. The lowest BCUT2D eigenvalue weighted by atomic mass is 10.0. The molecule has 2 aromatic rings. The molecule has 0 saturated heterocycles. The van der Waals surface area contributed by atoms with Gasteiger partial charge in [0.2, 0.25) is 17.7 Å². The van der Waals surface area contributed by atoms with Crippen molar-refractivity contribution in [2.75, 3.05) is 37.8 Å². The summed E-state index contributed by atoms with van der Waals surface area (Å²) in [6.07, 6.45) is 3.72. The summed E-state index contributed by atoms with van der Waals surface area (Å²) in [5, 5.41) is 5.62. The summed E-state index contributed by atoms with van der Waals surface area (Å²) < 4.78 is 22.2. The number of carbonyl (C=O) groups is 3. The first-order valence-corrected chi connectivity index (χ1v) is 16.9. The number of hydrogen-bond donors (Lipinski definition) is 3. The van der Waals surface area contributed by atoms with Crippen molar-refractivity contribution >= 4 is 31.0 Å². The third kappa shape index (κ3) is 11.9. The molecular weight excluding hydrogens is 581 g/mol. The van der Waals surface area contributed by atoms with Gasteiger partial charge in [-0.05, 0) is 36.6 Å². The molecule has 10 nitrogen and oxygen atoms in total. The first-order valence-electron chi connectivity index (χ1n) is 15.2. The number of ether oxygens (including phenoxy) is 1. The number of nitrogens with one attached hydrogen (secondary N) is 2. The van der Waals surface area contributed by atoms with Gasteiger partial charge in [-0.2, -0.15) is 0 Å². The minimum atomic E-state index is -3.50. The van der Waals surface area contributed by atoms with Crippen LogP contribution in [0.4, 0.5) is 5.69 Å². The van der Waals surface area contributed by atoms with E-state index in [0.29, 0.717) is 19.5 Å². The molecule has 2 aromatic carbocycles. The Morgan fingerprint density at radius 1 is 0.841 bits per heavy atom. The number of anilines is 1. The Morgan fingerprint density at radius 3 is 2.18 bits per heavy atom. The number of carbonyl (C=O) groups excluding carboxylic acids is 3. The summed E-state index contributed by atoms with van der Waals surface area (Å²) in [6.45, 7) is 5.13. The zero-order chi connectivity index (χ0) is 31.8. The van der Waals surface area contributed by atoms with Gasteiger partial charge in [-0.3, -0.25) is 18.9 Å². The van der Waals surface area contributed by atoms with Crippen LogP contribution in [0.2, 0.25) is 0 Å². The minimum absolute atomic E-state index is 0.104. The van der Waals surface area contributed by atoms with Crippen LogP contribution in [0, 0.1) is 11.8 Å². The highest BCUT2D eigenvalue weighted by atomic mass is 31.2. The molecule has 3 N–H and O–H groups in total. The molecule has 0 radical (unpaired) electrons. The fourth-order valence-electron chi connectivity index (χ4n) is 4.41. The van der Waals surface area contributed by atoms with Gasteiger partial charge in [0, 0.05) is 43.5 Å². The van der Waals surface area contributed by atoms with E-state index in [1.54, 1.807) is 18.7 Å². The van der Waals surface area contributed by atoms with Gasteiger partial charge in [0.1, 0.15) is 0 Å². The molecule has 3 amide bonds. The average Bonchev–Trinajstić information content (AvgIpc) is 2.99. The fraction of sp³-hybridized carbons (Fsp3) is 0.485. The minimum Gasteiger partial charge on any atom is -0.380 e. The quantitative estimate of drug-likeness (QED) is 0.126. The van der Waals surface area contributed by atoms with Crippen LogP contribution in [-0.2, 0) is 34.8 Å². The number of amides is 3. The van der Waals surface area contributed by atoms with Gasteiger partial charge in [-0.25, -0.2) is 0 Å². The van der Waals surface area contributed by atoms with Gasteiger partial charge in [0.25, 0.3) is 0 Å². The van der Waals surface area contributed by atoms with Crippen LogP contribution in [0.15, 0.2) is 48.5 Å². The molecule has 1 unspecified atom stereocenters. The summed E-state index contributed by atoms with van der Waals surface area (Å²) in [7, 11) is -3.50. The lowest BCUT2D eigenvalue weighted by molar-refractivity contribution is -0.122. The average molecular weight is 626 g/mol. The van der Waals surface area contributed by atoms with Crippen LogP contribution in [-0.4, -0.2) is 61.2 Å². The fourth-order valence-corrected chi connectivity index (χ4v) is 5.10. The Morgan fingerprint density at radius 2 is 1.45 bits per heavy atom. The molecule has 3 rings (SSSR count). The molecule has 1 aliphatic heterocycles. The summed E-state index contributed by atoms with van der Waals surface area (Å²) in [4.78, 5) is 48.8. The van der Waals surface area contributed by atoms with E-state index in [-0.39, 0.29) is 63.3 Å². The lowest BCUT2D eigenvalue weighted by Gasteiger charge is -2.26. The molecule has 0 aliphatic carbocycles. The Labute approximate surface area is 260 Å². The predicted molar refractivity (Wildman–Crippen MR) is 170 cm³/mol. The Kier molecular flexibility index (Phi) is 14.6. The number of fused-ring (bicyclic) bond motifs is 2. The third-order valence-electron chi connectivity index (χ3n) is 7.10. The second-order valence-electron chi connectivity index (χ2n) is 10.9. The van der Waals surface area contributed by atoms with Crippen LogP contribution < -0.4 is 15.5 Å². The maximum atomic E-state index is 13.2. The summed E-state index contributed by atoms with van der Waals surface area (Å²) in [5.41, 5.74) is 3.00. The van der Waals surface area contributed by atoms with E-state index in [4.69, 9.17) is 9.26 Å². The molecular formula is C33H44N3O7P. The van der Waals surface area contributed by atoms with Gasteiger partial charge >= 0.3 is 7.60 Å². The Balaban J connectivity index is 1.24. The molecule has 0 bridgehead atoms. The predicted octanol–water partition coefficient (Wildman–Crippen LogP) is 4.52. The monoisotopic (exact) mass is 625 g/mol. The van der Waals surface area contributed by atoms with Crippen molar-refractivity contribution in [2.24, 2.45) is 0 Å². The van der Waals surface area contributed by atoms with Gasteiger partial charge in [-0.15, -0.1) is 0 Å². The number of unbranched alkanes of at least 4 members (excludes halogenated alkanes) is 3. The van der Waals surface area contributed by atoms with Gasteiger partial charge in [-0.1, -0.05) is 68.9 Å². The molecule has 0 aromatic heterocycles. The van der Waals surface area contributed by atoms with Crippen LogP contribution in [0.3, 0.4) is 0 Å². The molecule has 1 heterocycles. The highest BCUT2D eigenvalue weighted by molar-refractivity contribution is 7.53. The van der Waals surface area contributed by atoms with Crippen LogP contribution in [0.5, 0.6) is 0 Å². The third-order valence-corrected chi connectivity index (χ3v) is 8.96. The number of hydrogen-bond acceptors (Lipinski definition) is 6. The molecule has 1 atom stereocenters. The number of para-hydroxylation sites is 1. The van der Waals surface area contributed by atoms with Crippen LogP contribution in [0.25, 0.3) is 0 Å². The van der Waals surface area contributed by atoms with Crippen molar-refractivity contribution in [3.63, 3.8) is 0 Å². The van der Waals surface area contributed by atoms with Crippen LogP contribution in [0.1, 0.15) is 75.5 Å². The van der Waals surface area contributed by atoms with Crippen molar-refractivity contribution in [3.05, 3.63) is 65.2 Å².